The number of hydrogen-bond donors (Lipinski definition) is 3. The predicted octanol–water partition coefficient (Wildman–Crippen LogP) is 1.73. The Morgan fingerprint density at radius 1 is 1.31 bits per heavy atom. The summed E-state index contributed by atoms with van der Waals surface area (Å²) in [7, 11) is 1.95. The summed E-state index contributed by atoms with van der Waals surface area (Å²) >= 11 is 0. The summed E-state index contributed by atoms with van der Waals surface area (Å²) in [5.74, 6) is -2.82. The number of halogens is 3. The Balaban J connectivity index is 2.18. The smallest absolute Gasteiger partial charge is 0.365 e. The first-order chi connectivity index (χ1) is 15.2. The minimum atomic E-state index is -4.74. The molecule has 0 bridgehead atoms. The molecule has 0 spiro atoms. The molecule has 13 heteroatoms. The Morgan fingerprint density at radius 2 is 2.00 bits per heavy atom. The summed E-state index contributed by atoms with van der Waals surface area (Å²) in [6, 6.07) is 0. The van der Waals surface area contributed by atoms with Crippen molar-refractivity contribution in [3.8, 4) is 0 Å². The van der Waals surface area contributed by atoms with Gasteiger partial charge in [-0.05, 0) is 13.5 Å². The molecule has 0 aliphatic carbocycles. The average molecular weight is 461 g/mol. The molecule has 10 nitrogen and oxygen atoms in total. The number of hydroxylamine groups is 2. The van der Waals surface area contributed by atoms with Crippen LogP contribution in [0.15, 0.2) is 6.20 Å². The molecule has 2 heterocycles. The number of hydrazine groups is 1. The Hall–Kier alpha value is -2.67. The van der Waals surface area contributed by atoms with Crippen LogP contribution in [-0.2, 0) is 15.8 Å². The molecule has 2 rings (SSSR count). The zero-order valence-corrected chi connectivity index (χ0v) is 18.2. The lowest BCUT2D eigenvalue weighted by Crippen LogP contribution is -2.45. The third-order valence-electron chi connectivity index (χ3n) is 5.23. The molecular formula is C19H30F3N7O3. The van der Waals surface area contributed by atoms with Crippen molar-refractivity contribution in [2.75, 3.05) is 50.1 Å². The number of likely N-dealkylation sites (N-methyl/N-ethyl adjacent to an activating group) is 1. The number of unbranched alkanes of at least 4 members (excludes halogenated alkanes) is 2. The van der Waals surface area contributed by atoms with Crippen molar-refractivity contribution in [2.45, 2.75) is 38.8 Å². The van der Waals surface area contributed by atoms with Crippen molar-refractivity contribution in [1.29, 1.82) is 0 Å². The summed E-state index contributed by atoms with van der Waals surface area (Å²) in [5, 5.41) is 9.86. The standard InChI is InChI=1S/C19H30F3N7O3/c1-3-4-5-6-14(12-29(32)13-30)17(31)26-25-16-15(28-9-7-27(2)8-10-28)11-23-18(24-16)19(20,21)22/h11,13-14,32H,3-10,12H2,1-2H3,(H,26,31)(H,23,24,25). The molecule has 3 N–H and O–H groups in total. The van der Waals surface area contributed by atoms with Crippen molar-refractivity contribution in [1.82, 2.24) is 25.4 Å². The van der Waals surface area contributed by atoms with Gasteiger partial charge in [0.25, 0.3) is 0 Å². The summed E-state index contributed by atoms with van der Waals surface area (Å²) in [5.41, 5.74) is 5.23. The second-order valence-corrected chi connectivity index (χ2v) is 7.75. The monoisotopic (exact) mass is 461 g/mol. The molecule has 180 valence electrons. The Labute approximate surface area is 184 Å². The van der Waals surface area contributed by atoms with Crippen LogP contribution < -0.4 is 15.8 Å². The molecule has 1 aromatic rings. The first-order valence-electron chi connectivity index (χ1n) is 10.5. The van der Waals surface area contributed by atoms with Crippen LogP contribution in [0.4, 0.5) is 24.7 Å². The SMILES string of the molecule is CCCCCC(CN(O)C=O)C(=O)NNc1nc(C(F)(F)F)ncc1N1CCN(C)CC1. The number of anilines is 2. The van der Waals surface area contributed by atoms with E-state index < -0.39 is 23.8 Å². The number of nitrogens with one attached hydrogen (secondary N) is 2. The Morgan fingerprint density at radius 3 is 2.59 bits per heavy atom. The maximum absolute atomic E-state index is 13.1. The number of nitrogens with zero attached hydrogens (tertiary/aromatic N) is 5. The van der Waals surface area contributed by atoms with E-state index in [9.17, 15) is 28.0 Å². The molecule has 1 aromatic heterocycles. The van der Waals surface area contributed by atoms with Gasteiger partial charge in [-0.25, -0.2) is 15.0 Å². The third kappa shape index (κ3) is 7.48. The highest BCUT2D eigenvalue weighted by Crippen LogP contribution is 2.31. The van der Waals surface area contributed by atoms with E-state index in [1.165, 1.54) is 0 Å². The molecular weight excluding hydrogens is 431 g/mol. The van der Waals surface area contributed by atoms with Crippen LogP contribution >= 0.6 is 0 Å². The molecule has 1 aliphatic heterocycles. The number of aromatic nitrogens is 2. The quantitative estimate of drug-likeness (QED) is 0.198. The van der Waals surface area contributed by atoms with Crippen molar-refractivity contribution in [3.05, 3.63) is 12.0 Å². The molecule has 1 unspecified atom stereocenters. The van der Waals surface area contributed by atoms with E-state index in [4.69, 9.17) is 0 Å². The summed E-state index contributed by atoms with van der Waals surface area (Å²) in [4.78, 5) is 34.4. The number of carbonyl (C=O) groups is 2. The Kier molecular flexibility index (Phi) is 9.44. The van der Waals surface area contributed by atoms with Gasteiger partial charge in [-0.1, -0.05) is 26.2 Å². The van der Waals surface area contributed by atoms with E-state index in [0.717, 1.165) is 19.0 Å². The average Bonchev–Trinajstić information content (AvgIpc) is 2.76. The van der Waals surface area contributed by atoms with Gasteiger partial charge in [-0.15, -0.1) is 0 Å². The maximum atomic E-state index is 13.1. The van der Waals surface area contributed by atoms with E-state index >= 15 is 0 Å². The molecule has 0 saturated carbocycles. The summed E-state index contributed by atoms with van der Waals surface area (Å²) < 4.78 is 39.4. The van der Waals surface area contributed by atoms with Crippen LogP contribution in [0.25, 0.3) is 0 Å². The highest BCUT2D eigenvalue weighted by atomic mass is 19.4. The highest BCUT2D eigenvalue weighted by molar-refractivity contribution is 5.81. The summed E-state index contributed by atoms with van der Waals surface area (Å²) in [6.07, 6.45) is -0.591. The van der Waals surface area contributed by atoms with E-state index in [1.807, 2.05) is 18.9 Å². The van der Waals surface area contributed by atoms with Gasteiger partial charge in [0.2, 0.25) is 18.1 Å². The predicted molar refractivity (Wildman–Crippen MR) is 111 cm³/mol. The lowest BCUT2D eigenvalue weighted by Gasteiger charge is -2.34. The topological polar surface area (TPSA) is 114 Å². The van der Waals surface area contributed by atoms with E-state index in [0.29, 0.717) is 49.8 Å². The van der Waals surface area contributed by atoms with Gasteiger partial charge in [0.1, 0.15) is 5.69 Å². The second-order valence-electron chi connectivity index (χ2n) is 7.75. The molecule has 1 aliphatic rings. The van der Waals surface area contributed by atoms with Crippen LogP contribution in [0.2, 0.25) is 0 Å². The number of rotatable bonds is 11. The van der Waals surface area contributed by atoms with Crippen LogP contribution in [0.1, 0.15) is 38.4 Å². The minimum Gasteiger partial charge on any atom is -0.365 e. The first kappa shape index (κ1) is 25.6. The van der Waals surface area contributed by atoms with Crippen LogP contribution in [0.3, 0.4) is 0 Å². The van der Waals surface area contributed by atoms with Gasteiger partial charge in [0, 0.05) is 26.2 Å². The normalized spacial score (nSPS) is 15.9. The number of carbonyl (C=O) groups excluding carboxylic acids is 2. The zero-order valence-electron chi connectivity index (χ0n) is 18.2. The van der Waals surface area contributed by atoms with Crippen LogP contribution in [0, 0.1) is 5.92 Å². The van der Waals surface area contributed by atoms with Crippen molar-refractivity contribution >= 4 is 23.8 Å². The number of hydrogen-bond acceptors (Lipinski definition) is 8. The van der Waals surface area contributed by atoms with Gasteiger partial charge in [0.05, 0.1) is 18.7 Å². The first-order valence-corrected chi connectivity index (χ1v) is 10.5. The fraction of sp³-hybridized carbons (Fsp3) is 0.684. The van der Waals surface area contributed by atoms with Crippen LogP contribution in [0.5, 0.6) is 0 Å². The molecule has 32 heavy (non-hydrogen) atoms. The largest absolute Gasteiger partial charge is 0.451 e. The highest BCUT2D eigenvalue weighted by Gasteiger charge is 2.36. The van der Waals surface area contributed by atoms with Crippen molar-refractivity contribution < 1.29 is 28.0 Å². The van der Waals surface area contributed by atoms with Gasteiger partial charge in [0.15, 0.2) is 5.82 Å². The second kappa shape index (κ2) is 11.8. The van der Waals surface area contributed by atoms with E-state index in [-0.39, 0.29) is 18.8 Å². The minimum absolute atomic E-state index is 0.172. The van der Waals surface area contributed by atoms with Crippen LogP contribution in [-0.4, -0.2) is 77.2 Å². The summed E-state index contributed by atoms with van der Waals surface area (Å²) in [6.45, 7) is 4.31. The van der Waals surface area contributed by atoms with Gasteiger partial charge < -0.3 is 9.80 Å². The molecule has 1 atom stereocenters. The molecule has 1 saturated heterocycles. The zero-order chi connectivity index (χ0) is 23.7. The molecule has 0 aromatic carbocycles. The molecule has 0 radical (unpaired) electrons. The van der Waals surface area contributed by atoms with E-state index in [2.05, 4.69) is 25.7 Å². The van der Waals surface area contributed by atoms with Crippen molar-refractivity contribution in [3.63, 3.8) is 0 Å². The van der Waals surface area contributed by atoms with Gasteiger partial charge in [-0.2, -0.15) is 13.2 Å². The Bertz CT molecular complexity index is 758. The third-order valence-corrected chi connectivity index (χ3v) is 5.23. The molecule has 2 amide bonds. The number of piperazine rings is 1. The van der Waals surface area contributed by atoms with Gasteiger partial charge >= 0.3 is 6.18 Å². The lowest BCUT2D eigenvalue weighted by atomic mass is 10.0. The van der Waals surface area contributed by atoms with Crippen molar-refractivity contribution in [2.24, 2.45) is 5.92 Å². The number of alkyl halides is 3. The van der Waals surface area contributed by atoms with E-state index in [1.54, 1.807) is 0 Å². The molecule has 1 fully saturated rings. The fourth-order valence-corrected chi connectivity index (χ4v) is 3.32. The number of amides is 2. The van der Waals surface area contributed by atoms with Gasteiger partial charge in [-0.3, -0.25) is 25.6 Å². The fourth-order valence-electron chi connectivity index (χ4n) is 3.32. The maximum Gasteiger partial charge on any atom is 0.451 e. The lowest BCUT2D eigenvalue weighted by molar-refractivity contribution is -0.154.